The van der Waals surface area contributed by atoms with E-state index >= 15 is 0 Å². The SMILES string of the molecule is Cc1cc(C(=O)N[C@@H](C)c2ccncc2)c2c(C)noc2n1. The lowest BCUT2D eigenvalue weighted by molar-refractivity contribution is 0.0941. The van der Waals surface area contributed by atoms with E-state index in [0.29, 0.717) is 28.1 Å². The summed E-state index contributed by atoms with van der Waals surface area (Å²) in [7, 11) is 0. The average molecular weight is 296 g/mol. The van der Waals surface area contributed by atoms with Crippen LogP contribution in [0.2, 0.25) is 0 Å². The first kappa shape index (κ1) is 14.2. The summed E-state index contributed by atoms with van der Waals surface area (Å²) in [6, 6.07) is 5.38. The summed E-state index contributed by atoms with van der Waals surface area (Å²) < 4.78 is 5.16. The Bertz CT molecular complexity index is 827. The molecule has 112 valence electrons. The van der Waals surface area contributed by atoms with Gasteiger partial charge in [-0.3, -0.25) is 9.78 Å². The number of aryl methyl sites for hydroxylation is 2. The zero-order valence-corrected chi connectivity index (χ0v) is 12.6. The Morgan fingerprint density at radius 1 is 1.27 bits per heavy atom. The van der Waals surface area contributed by atoms with Crippen molar-refractivity contribution in [2.75, 3.05) is 0 Å². The lowest BCUT2D eigenvalue weighted by Gasteiger charge is -2.14. The molecule has 1 atom stereocenters. The van der Waals surface area contributed by atoms with E-state index in [2.05, 4.69) is 20.4 Å². The fourth-order valence-electron chi connectivity index (χ4n) is 2.41. The van der Waals surface area contributed by atoms with Crippen molar-refractivity contribution in [2.45, 2.75) is 26.8 Å². The molecule has 0 spiro atoms. The highest BCUT2D eigenvalue weighted by molar-refractivity contribution is 6.06. The molecule has 0 radical (unpaired) electrons. The summed E-state index contributed by atoms with van der Waals surface area (Å²) in [5.74, 6) is -0.175. The predicted molar refractivity (Wildman–Crippen MR) is 81.4 cm³/mol. The van der Waals surface area contributed by atoms with Crippen LogP contribution in [-0.4, -0.2) is 21.0 Å². The third-order valence-corrected chi connectivity index (χ3v) is 3.54. The number of amides is 1. The molecule has 0 saturated heterocycles. The van der Waals surface area contributed by atoms with Crippen LogP contribution in [0.5, 0.6) is 0 Å². The minimum Gasteiger partial charge on any atom is -0.345 e. The second kappa shape index (κ2) is 5.55. The number of rotatable bonds is 3. The van der Waals surface area contributed by atoms with E-state index in [1.807, 2.05) is 26.0 Å². The van der Waals surface area contributed by atoms with E-state index in [4.69, 9.17) is 4.52 Å². The molecule has 0 bridgehead atoms. The van der Waals surface area contributed by atoms with Crippen molar-refractivity contribution in [1.82, 2.24) is 20.4 Å². The van der Waals surface area contributed by atoms with Crippen molar-refractivity contribution < 1.29 is 9.32 Å². The Labute approximate surface area is 127 Å². The molecular formula is C16H16N4O2. The number of carbonyl (C=O) groups excluding carboxylic acids is 1. The summed E-state index contributed by atoms with van der Waals surface area (Å²) in [5.41, 5.74) is 3.28. The molecule has 0 aliphatic heterocycles. The van der Waals surface area contributed by atoms with Crippen LogP contribution in [0.3, 0.4) is 0 Å². The van der Waals surface area contributed by atoms with Crippen molar-refractivity contribution in [3.8, 4) is 0 Å². The van der Waals surface area contributed by atoms with Crippen LogP contribution in [0.25, 0.3) is 11.1 Å². The maximum absolute atomic E-state index is 12.6. The number of pyridine rings is 2. The zero-order chi connectivity index (χ0) is 15.7. The zero-order valence-electron chi connectivity index (χ0n) is 12.6. The minimum absolute atomic E-state index is 0.126. The van der Waals surface area contributed by atoms with Crippen LogP contribution >= 0.6 is 0 Å². The van der Waals surface area contributed by atoms with Crippen molar-refractivity contribution in [3.05, 3.63) is 53.1 Å². The third kappa shape index (κ3) is 2.55. The van der Waals surface area contributed by atoms with Gasteiger partial charge in [-0.05, 0) is 44.5 Å². The van der Waals surface area contributed by atoms with Gasteiger partial charge in [0.1, 0.15) is 0 Å². The number of hydrogen-bond acceptors (Lipinski definition) is 5. The minimum atomic E-state index is -0.175. The molecule has 3 aromatic rings. The van der Waals surface area contributed by atoms with Crippen LogP contribution in [0, 0.1) is 13.8 Å². The average Bonchev–Trinajstić information content (AvgIpc) is 2.88. The Hall–Kier alpha value is -2.76. The van der Waals surface area contributed by atoms with Gasteiger partial charge >= 0.3 is 0 Å². The molecule has 3 rings (SSSR count). The molecule has 0 aromatic carbocycles. The standard InChI is InChI=1S/C16H16N4O2/c1-9-8-13(14-11(3)20-22-16(14)18-9)15(21)19-10(2)12-4-6-17-7-5-12/h4-8,10H,1-3H3,(H,19,21)/t10-/m0/s1. The number of nitrogens with zero attached hydrogens (tertiary/aromatic N) is 3. The Morgan fingerprint density at radius 2 is 2.00 bits per heavy atom. The molecule has 0 saturated carbocycles. The Morgan fingerprint density at radius 3 is 2.73 bits per heavy atom. The van der Waals surface area contributed by atoms with E-state index in [1.54, 1.807) is 25.4 Å². The monoisotopic (exact) mass is 296 g/mol. The topological polar surface area (TPSA) is 80.9 Å². The maximum atomic E-state index is 12.6. The van der Waals surface area contributed by atoms with E-state index < -0.39 is 0 Å². The largest absolute Gasteiger partial charge is 0.345 e. The summed E-state index contributed by atoms with van der Waals surface area (Å²) in [5, 5.41) is 7.53. The van der Waals surface area contributed by atoms with Gasteiger partial charge in [-0.25, -0.2) is 4.98 Å². The molecule has 1 N–H and O–H groups in total. The van der Waals surface area contributed by atoms with Gasteiger partial charge in [0.05, 0.1) is 22.7 Å². The van der Waals surface area contributed by atoms with Crippen molar-refractivity contribution in [3.63, 3.8) is 0 Å². The maximum Gasteiger partial charge on any atom is 0.258 e. The van der Waals surface area contributed by atoms with Gasteiger partial charge in [0.15, 0.2) is 0 Å². The second-order valence-corrected chi connectivity index (χ2v) is 5.24. The molecule has 3 heterocycles. The van der Waals surface area contributed by atoms with Crippen LogP contribution in [0.15, 0.2) is 35.1 Å². The highest BCUT2D eigenvalue weighted by atomic mass is 16.5. The van der Waals surface area contributed by atoms with E-state index in [0.717, 1.165) is 5.56 Å². The fourth-order valence-corrected chi connectivity index (χ4v) is 2.41. The van der Waals surface area contributed by atoms with E-state index in [-0.39, 0.29) is 11.9 Å². The summed E-state index contributed by atoms with van der Waals surface area (Å²) in [6.45, 7) is 5.55. The summed E-state index contributed by atoms with van der Waals surface area (Å²) in [4.78, 5) is 20.9. The Kier molecular flexibility index (Phi) is 3.58. The first-order valence-corrected chi connectivity index (χ1v) is 7.00. The number of hydrogen-bond donors (Lipinski definition) is 1. The molecular weight excluding hydrogens is 280 g/mol. The molecule has 22 heavy (non-hydrogen) atoms. The summed E-state index contributed by atoms with van der Waals surface area (Å²) in [6.07, 6.45) is 3.41. The van der Waals surface area contributed by atoms with Gasteiger partial charge in [0, 0.05) is 18.1 Å². The molecule has 1 amide bonds. The van der Waals surface area contributed by atoms with Crippen LogP contribution in [0.4, 0.5) is 0 Å². The first-order valence-electron chi connectivity index (χ1n) is 7.00. The van der Waals surface area contributed by atoms with Crippen LogP contribution < -0.4 is 5.32 Å². The smallest absolute Gasteiger partial charge is 0.258 e. The van der Waals surface area contributed by atoms with Gasteiger partial charge in [-0.1, -0.05) is 5.16 Å². The molecule has 0 fully saturated rings. The highest BCUT2D eigenvalue weighted by Crippen LogP contribution is 2.22. The van der Waals surface area contributed by atoms with Crippen molar-refractivity contribution in [2.24, 2.45) is 0 Å². The highest BCUT2D eigenvalue weighted by Gasteiger charge is 2.19. The molecule has 0 aliphatic rings. The first-order chi connectivity index (χ1) is 10.6. The normalized spacial score (nSPS) is 12.3. The van der Waals surface area contributed by atoms with Gasteiger partial charge in [0.2, 0.25) is 0 Å². The van der Waals surface area contributed by atoms with E-state index in [1.165, 1.54) is 0 Å². The molecule has 3 aromatic heterocycles. The number of fused-ring (bicyclic) bond motifs is 1. The molecule has 6 nitrogen and oxygen atoms in total. The van der Waals surface area contributed by atoms with Crippen molar-refractivity contribution in [1.29, 1.82) is 0 Å². The molecule has 0 aliphatic carbocycles. The molecule has 6 heteroatoms. The third-order valence-electron chi connectivity index (χ3n) is 3.54. The van der Waals surface area contributed by atoms with Gasteiger partial charge < -0.3 is 9.84 Å². The Balaban J connectivity index is 1.94. The van der Waals surface area contributed by atoms with Gasteiger partial charge in [-0.15, -0.1) is 0 Å². The number of carbonyl (C=O) groups is 1. The quantitative estimate of drug-likeness (QED) is 0.803. The molecule has 0 unspecified atom stereocenters. The van der Waals surface area contributed by atoms with Gasteiger partial charge in [-0.2, -0.15) is 0 Å². The summed E-state index contributed by atoms with van der Waals surface area (Å²) >= 11 is 0. The predicted octanol–water partition coefficient (Wildman–Crippen LogP) is 2.73. The van der Waals surface area contributed by atoms with Gasteiger partial charge in [0.25, 0.3) is 11.6 Å². The lowest BCUT2D eigenvalue weighted by Crippen LogP contribution is -2.27. The van der Waals surface area contributed by atoms with E-state index in [9.17, 15) is 4.79 Å². The fraction of sp³-hybridized carbons (Fsp3) is 0.250. The lowest BCUT2D eigenvalue weighted by atomic mass is 10.1. The van der Waals surface area contributed by atoms with Crippen LogP contribution in [-0.2, 0) is 0 Å². The van der Waals surface area contributed by atoms with Crippen molar-refractivity contribution >= 4 is 17.0 Å². The number of aromatic nitrogens is 3. The second-order valence-electron chi connectivity index (χ2n) is 5.24. The van der Waals surface area contributed by atoms with Crippen LogP contribution in [0.1, 0.15) is 40.3 Å². The number of nitrogens with one attached hydrogen (secondary N) is 1.